The van der Waals surface area contributed by atoms with Crippen LogP contribution in [0.2, 0.25) is 10.0 Å². The second-order valence-electron chi connectivity index (χ2n) is 6.98. The highest BCUT2D eigenvalue weighted by Gasteiger charge is 2.45. The smallest absolute Gasteiger partial charge is 0.170 e. The third-order valence-electron chi connectivity index (χ3n) is 5.22. The second kappa shape index (κ2) is 5.57. The highest BCUT2D eigenvalue weighted by atomic mass is 35.5. The van der Waals surface area contributed by atoms with Gasteiger partial charge >= 0.3 is 0 Å². The minimum absolute atomic E-state index is 0.218. The maximum absolute atomic E-state index is 13.0. The molecular formula is C17H21Cl2NO. The molecule has 0 radical (unpaired) electrons. The van der Waals surface area contributed by atoms with Crippen LogP contribution >= 0.6 is 23.2 Å². The monoisotopic (exact) mass is 325 g/mol. The summed E-state index contributed by atoms with van der Waals surface area (Å²) in [5.74, 6) is 0.218. The van der Waals surface area contributed by atoms with Crippen molar-refractivity contribution in [2.45, 2.75) is 39.0 Å². The molecule has 4 heteroatoms. The number of halogens is 2. The topological polar surface area (TPSA) is 29.1 Å². The maximum Gasteiger partial charge on any atom is 0.170 e. The average molecular weight is 326 g/mol. The van der Waals surface area contributed by atoms with E-state index in [0.717, 1.165) is 32.4 Å². The van der Waals surface area contributed by atoms with Crippen LogP contribution < -0.4 is 5.32 Å². The zero-order chi connectivity index (χ0) is 15.1. The number of benzene rings is 1. The van der Waals surface area contributed by atoms with Crippen LogP contribution in [0.3, 0.4) is 0 Å². The average Bonchev–Trinajstić information content (AvgIpc) is 3.02. The van der Waals surface area contributed by atoms with Crippen molar-refractivity contribution in [3.05, 3.63) is 33.8 Å². The van der Waals surface area contributed by atoms with Crippen molar-refractivity contribution >= 4 is 29.0 Å². The molecule has 1 saturated carbocycles. The normalized spacial score (nSPS) is 26.8. The maximum atomic E-state index is 13.0. The molecule has 1 N–H and O–H groups in total. The molecule has 3 rings (SSSR count). The molecule has 1 aliphatic heterocycles. The molecule has 1 aromatic carbocycles. The lowest BCUT2D eigenvalue weighted by Crippen LogP contribution is -2.34. The second-order valence-corrected chi connectivity index (χ2v) is 7.79. The van der Waals surface area contributed by atoms with Gasteiger partial charge in [-0.25, -0.2) is 0 Å². The molecule has 114 valence electrons. The van der Waals surface area contributed by atoms with Crippen molar-refractivity contribution in [2.75, 3.05) is 13.1 Å². The molecule has 21 heavy (non-hydrogen) atoms. The van der Waals surface area contributed by atoms with Crippen LogP contribution in [0.1, 0.15) is 49.4 Å². The molecule has 1 heterocycles. The summed E-state index contributed by atoms with van der Waals surface area (Å²) in [4.78, 5) is 13.0. The fourth-order valence-corrected chi connectivity index (χ4v) is 3.51. The van der Waals surface area contributed by atoms with Crippen molar-refractivity contribution in [2.24, 2.45) is 10.8 Å². The Morgan fingerprint density at radius 2 is 1.95 bits per heavy atom. The van der Waals surface area contributed by atoms with E-state index in [9.17, 15) is 4.79 Å². The molecule has 0 bridgehead atoms. The van der Waals surface area contributed by atoms with E-state index >= 15 is 0 Å². The van der Waals surface area contributed by atoms with Gasteiger partial charge < -0.3 is 5.32 Å². The van der Waals surface area contributed by atoms with E-state index in [0.29, 0.717) is 21.0 Å². The Morgan fingerprint density at radius 1 is 1.19 bits per heavy atom. The van der Waals surface area contributed by atoms with Crippen molar-refractivity contribution in [3.63, 3.8) is 0 Å². The van der Waals surface area contributed by atoms with E-state index in [1.807, 2.05) is 0 Å². The van der Waals surface area contributed by atoms with Gasteiger partial charge in [0.2, 0.25) is 0 Å². The van der Waals surface area contributed by atoms with Gasteiger partial charge in [-0.2, -0.15) is 0 Å². The standard InChI is InChI=1S/C17H21Cl2NO/c1-16(4-5-16)6-7-17(8-9-20-11-17)15(21)12-2-3-13(18)14(19)10-12/h2-3,10,20H,4-9,11H2,1H3. The van der Waals surface area contributed by atoms with Gasteiger partial charge in [0.05, 0.1) is 10.0 Å². The largest absolute Gasteiger partial charge is 0.316 e. The number of nitrogens with one attached hydrogen (secondary N) is 1. The van der Waals surface area contributed by atoms with Crippen molar-refractivity contribution < 1.29 is 4.79 Å². The van der Waals surface area contributed by atoms with E-state index in [4.69, 9.17) is 23.2 Å². The predicted molar refractivity (Wildman–Crippen MR) is 87.3 cm³/mol. The predicted octanol–water partition coefficient (Wildman–Crippen LogP) is 4.74. The zero-order valence-electron chi connectivity index (χ0n) is 12.3. The lowest BCUT2D eigenvalue weighted by Gasteiger charge is -2.28. The molecule has 1 unspecified atom stereocenters. The fraction of sp³-hybridized carbons (Fsp3) is 0.588. The van der Waals surface area contributed by atoms with Crippen LogP contribution in [0.25, 0.3) is 0 Å². The molecule has 0 aromatic heterocycles. The number of Topliss-reactive ketones (excluding diaryl/α,β-unsaturated/α-hetero) is 1. The fourth-order valence-electron chi connectivity index (χ4n) is 3.21. The first kappa shape index (κ1) is 15.3. The van der Waals surface area contributed by atoms with Gasteiger partial charge in [-0.3, -0.25) is 4.79 Å². The van der Waals surface area contributed by atoms with Gasteiger partial charge in [-0.1, -0.05) is 30.1 Å². The van der Waals surface area contributed by atoms with Crippen LogP contribution in [0.5, 0.6) is 0 Å². The molecule has 1 aliphatic carbocycles. The summed E-state index contributed by atoms with van der Waals surface area (Å²) in [5, 5.41) is 4.32. The Bertz CT molecular complexity index is 560. The summed E-state index contributed by atoms with van der Waals surface area (Å²) < 4.78 is 0. The highest BCUT2D eigenvalue weighted by Crippen LogP contribution is 2.51. The lowest BCUT2D eigenvalue weighted by molar-refractivity contribution is 0.0791. The molecule has 2 nitrogen and oxygen atoms in total. The summed E-state index contributed by atoms with van der Waals surface area (Å²) in [5.41, 5.74) is 0.907. The van der Waals surface area contributed by atoms with E-state index in [2.05, 4.69) is 12.2 Å². The Kier molecular flexibility index (Phi) is 4.06. The van der Waals surface area contributed by atoms with Crippen LogP contribution in [0.15, 0.2) is 18.2 Å². The third kappa shape index (κ3) is 3.13. The van der Waals surface area contributed by atoms with Gasteiger partial charge in [0.1, 0.15) is 0 Å². The summed E-state index contributed by atoms with van der Waals surface area (Å²) in [6, 6.07) is 5.23. The number of carbonyl (C=O) groups excluding carboxylic acids is 1. The molecule has 2 aliphatic rings. The minimum atomic E-state index is -0.261. The Hall–Kier alpha value is -0.570. The van der Waals surface area contributed by atoms with Gasteiger partial charge in [0.15, 0.2) is 5.78 Å². The first-order valence-electron chi connectivity index (χ1n) is 7.65. The summed E-state index contributed by atoms with van der Waals surface area (Å²) in [6.07, 6.45) is 5.63. The lowest BCUT2D eigenvalue weighted by atomic mass is 9.74. The van der Waals surface area contributed by atoms with Gasteiger partial charge in [0.25, 0.3) is 0 Å². The minimum Gasteiger partial charge on any atom is -0.316 e. The first-order chi connectivity index (χ1) is 9.94. The van der Waals surface area contributed by atoms with Gasteiger partial charge in [0, 0.05) is 17.5 Å². The molecular weight excluding hydrogens is 305 g/mol. The SMILES string of the molecule is CC1(CCC2(C(=O)c3ccc(Cl)c(Cl)c3)CCNC2)CC1. The Morgan fingerprint density at radius 3 is 2.52 bits per heavy atom. The van der Waals surface area contributed by atoms with Crippen LogP contribution in [0.4, 0.5) is 0 Å². The highest BCUT2D eigenvalue weighted by molar-refractivity contribution is 6.42. The summed E-state index contributed by atoms with van der Waals surface area (Å²) >= 11 is 12.0. The van der Waals surface area contributed by atoms with Crippen molar-refractivity contribution in [3.8, 4) is 0 Å². The quantitative estimate of drug-likeness (QED) is 0.792. The zero-order valence-corrected chi connectivity index (χ0v) is 13.9. The van der Waals surface area contributed by atoms with E-state index < -0.39 is 0 Å². The Balaban J connectivity index is 1.81. The van der Waals surface area contributed by atoms with Crippen LogP contribution in [-0.2, 0) is 0 Å². The summed E-state index contributed by atoms with van der Waals surface area (Å²) in [7, 11) is 0. The third-order valence-corrected chi connectivity index (χ3v) is 5.96. The number of rotatable bonds is 5. The molecule has 1 atom stereocenters. The molecule has 0 spiro atoms. The molecule has 0 amide bonds. The van der Waals surface area contributed by atoms with Crippen molar-refractivity contribution in [1.82, 2.24) is 5.32 Å². The van der Waals surface area contributed by atoms with Gasteiger partial charge in [-0.05, 0) is 62.3 Å². The number of ketones is 1. The van der Waals surface area contributed by atoms with E-state index in [-0.39, 0.29) is 11.2 Å². The van der Waals surface area contributed by atoms with Crippen LogP contribution in [0, 0.1) is 10.8 Å². The van der Waals surface area contributed by atoms with Crippen LogP contribution in [-0.4, -0.2) is 18.9 Å². The van der Waals surface area contributed by atoms with Crippen molar-refractivity contribution in [1.29, 1.82) is 0 Å². The Labute approximate surface area is 136 Å². The number of hydrogen-bond acceptors (Lipinski definition) is 2. The molecule has 1 saturated heterocycles. The summed E-state index contributed by atoms with van der Waals surface area (Å²) in [6.45, 7) is 4.03. The number of carbonyl (C=O) groups is 1. The first-order valence-corrected chi connectivity index (χ1v) is 8.40. The van der Waals surface area contributed by atoms with Gasteiger partial charge in [-0.15, -0.1) is 0 Å². The van der Waals surface area contributed by atoms with E-state index in [1.54, 1.807) is 18.2 Å². The molecule has 1 aromatic rings. The molecule has 2 fully saturated rings. The number of hydrogen-bond donors (Lipinski definition) is 1. The van der Waals surface area contributed by atoms with E-state index in [1.165, 1.54) is 12.8 Å².